The van der Waals surface area contributed by atoms with Crippen molar-refractivity contribution in [2.24, 2.45) is 0 Å². The number of nitrogens with one attached hydrogen (secondary N) is 1. The molecule has 0 unspecified atom stereocenters. The summed E-state index contributed by atoms with van der Waals surface area (Å²) >= 11 is 14.5. The van der Waals surface area contributed by atoms with Gasteiger partial charge in [0.15, 0.2) is 5.16 Å². The Kier molecular flexibility index (Phi) is 6.81. The topological polar surface area (TPSA) is 64.0 Å². The van der Waals surface area contributed by atoms with E-state index in [-0.39, 0.29) is 17.2 Å². The number of thioether (sulfide) groups is 1. The second-order valence-corrected chi connectivity index (χ2v) is 8.57. The van der Waals surface area contributed by atoms with Crippen LogP contribution >= 0.6 is 46.3 Å². The third-order valence-electron chi connectivity index (χ3n) is 3.74. The summed E-state index contributed by atoms with van der Waals surface area (Å²) < 4.78 is 2.31. The third kappa shape index (κ3) is 5.04. The first kappa shape index (κ1) is 20.2. The molecule has 0 radical (unpaired) electrons. The van der Waals surface area contributed by atoms with Crippen molar-refractivity contribution >= 4 is 68.1 Å². The average molecular weight is 442 g/mol. The molecular weight excluding hydrogens is 425 g/mol. The lowest BCUT2D eigenvalue weighted by Gasteiger charge is -2.11. The number of unbranched alkanes of at least 4 members (excludes halogenated alkanes) is 1. The van der Waals surface area contributed by atoms with E-state index < -0.39 is 0 Å². The van der Waals surface area contributed by atoms with Crippen molar-refractivity contribution < 1.29 is 4.79 Å². The lowest BCUT2D eigenvalue weighted by atomic mass is 10.3. The number of hydrogen-bond donors (Lipinski definition) is 1. The first-order valence-electron chi connectivity index (χ1n) is 8.34. The minimum Gasteiger partial charge on any atom is -0.325 e. The van der Waals surface area contributed by atoms with E-state index in [2.05, 4.69) is 17.2 Å². The fourth-order valence-electron chi connectivity index (χ4n) is 2.50. The fraction of sp³-hybridized carbons (Fsp3) is 0.278. The highest BCUT2D eigenvalue weighted by Gasteiger charge is 2.14. The molecule has 2 heterocycles. The van der Waals surface area contributed by atoms with E-state index in [9.17, 15) is 9.59 Å². The van der Waals surface area contributed by atoms with Gasteiger partial charge in [-0.3, -0.25) is 14.2 Å². The summed E-state index contributed by atoms with van der Waals surface area (Å²) in [6, 6.07) is 6.68. The Hall–Kier alpha value is -1.54. The third-order valence-corrected chi connectivity index (χ3v) is 6.05. The molecule has 1 N–H and O–H groups in total. The van der Waals surface area contributed by atoms with Crippen molar-refractivity contribution in [3.05, 3.63) is 50.0 Å². The SMILES string of the molecule is CCCCn1c(SCC(=O)Nc2cc(Cl)cc(Cl)c2)nc2ccsc2c1=O. The smallest absolute Gasteiger partial charge is 0.272 e. The molecule has 0 spiro atoms. The summed E-state index contributed by atoms with van der Waals surface area (Å²) in [6.45, 7) is 2.66. The Bertz CT molecular complexity index is 1010. The van der Waals surface area contributed by atoms with Crippen LogP contribution in [0.1, 0.15) is 19.8 Å². The molecule has 3 rings (SSSR count). The van der Waals surface area contributed by atoms with Crippen LogP contribution in [-0.4, -0.2) is 21.2 Å². The molecule has 0 bridgehead atoms. The van der Waals surface area contributed by atoms with Gasteiger partial charge in [-0.2, -0.15) is 0 Å². The van der Waals surface area contributed by atoms with Crippen LogP contribution in [0.2, 0.25) is 10.0 Å². The molecule has 5 nitrogen and oxygen atoms in total. The number of fused-ring (bicyclic) bond motifs is 1. The van der Waals surface area contributed by atoms with Gasteiger partial charge in [-0.05, 0) is 36.1 Å². The van der Waals surface area contributed by atoms with Crippen molar-refractivity contribution in [3.8, 4) is 0 Å². The van der Waals surface area contributed by atoms with Gasteiger partial charge in [-0.15, -0.1) is 11.3 Å². The van der Waals surface area contributed by atoms with Gasteiger partial charge < -0.3 is 5.32 Å². The molecule has 2 aromatic heterocycles. The lowest BCUT2D eigenvalue weighted by molar-refractivity contribution is -0.113. The largest absolute Gasteiger partial charge is 0.325 e. The van der Waals surface area contributed by atoms with Crippen LogP contribution in [0.15, 0.2) is 39.6 Å². The van der Waals surface area contributed by atoms with E-state index in [4.69, 9.17) is 23.2 Å². The van der Waals surface area contributed by atoms with Gasteiger partial charge in [0.1, 0.15) is 4.70 Å². The van der Waals surface area contributed by atoms with Gasteiger partial charge in [0.25, 0.3) is 5.56 Å². The number of thiophene rings is 1. The molecule has 0 fully saturated rings. The highest BCUT2D eigenvalue weighted by molar-refractivity contribution is 7.99. The van der Waals surface area contributed by atoms with Crippen molar-refractivity contribution in [2.45, 2.75) is 31.5 Å². The number of amides is 1. The number of hydrogen-bond acceptors (Lipinski definition) is 5. The van der Waals surface area contributed by atoms with E-state index in [1.165, 1.54) is 23.1 Å². The summed E-state index contributed by atoms with van der Waals surface area (Å²) in [6.07, 6.45) is 1.84. The molecule has 142 valence electrons. The van der Waals surface area contributed by atoms with Gasteiger partial charge >= 0.3 is 0 Å². The molecule has 9 heteroatoms. The molecule has 3 aromatic rings. The van der Waals surface area contributed by atoms with Gasteiger partial charge in [0.05, 0.1) is 11.3 Å². The molecule has 0 aliphatic carbocycles. The van der Waals surface area contributed by atoms with E-state index in [0.29, 0.717) is 37.7 Å². The van der Waals surface area contributed by atoms with Crippen molar-refractivity contribution in [2.75, 3.05) is 11.1 Å². The second kappa shape index (κ2) is 9.10. The van der Waals surface area contributed by atoms with E-state index in [1.54, 1.807) is 22.8 Å². The van der Waals surface area contributed by atoms with Crippen LogP contribution in [0.3, 0.4) is 0 Å². The average Bonchev–Trinajstić information content (AvgIpc) is 3.07. The van der Waals surface area contributed by atoms with Crippen LogP contribution in [0.25, 0.3) is 10.2 Å². The predicted molar refractivity (Wildman–Crippen MR) is 115 cm³/mol. The molecule has 0 atom stereocenters. The van der Waals surface area contributed by atoms with Gasteiger partial charge in [0, 0.05) is 22.3 Å². The molecule has 1 aromatic carbocycles. The van der Waals surface area contributed by atoms with E-state index in [0.717, 1.165) is 12.8 Å². The molecule has 27 heavy (non-hydrogen) atoms. The number of anilines is 1. The number of carbonyl (C=O) groups is 1. The second-order valence-electron chi connectivity index (χ2n) is 5.83. The zero-order valence-electron chi connectivity index (χ0n) is 14.5. The number of benzene rings is 1. The Morgan fingerprint density at radius 3 is 2.74 bits per heavy atom. The van der Waals surface area contributed by atoms with E-state index >= 15 is 0 Å². The fourth-order valence-corrected chi connectivity index (χ4v) is 4.63. The Balaban J connectivity index is 1.77. The van der Waals surface area contributed by atoms with Crippen LogP contribution in [0.4, 0.5) is 5.69 Å². The summed E-state index contributed by atoms with van der Waals surface area (Å²) in [4.78, 5) is 29.6. The molecule has 0 aliphatic heterocycles. The van der Waals surface area contributed by atoms with Gasteiger partial charge in [-0.25, -0.2) is 4.98 Å². The molecule has 0 aliphatic rings. The van der Waals surface area contributed by atoms with Crippen molar-refractivity contribution in [1.29, 1.82) is 0 Å². The monoisotopic (exact) mass is 441 g/mol. The molecular formula is C18H17Cl2N3O2S2. The van der Waals surface area contributed by atoms with Gasteiger partial charge in [0.2, 0.25) is 5.91 Å². The minimum absolute atomic E-state index is 0.0482. The first-order valence-corrected chi connectivity index (χ1v) is 11.0. The maximum atomic E-state index is 12.7. The number of rotatable bonds is 7. The summed E-state index contributed by atoms with van der Waals surface area (Å²) in [7, 11) is 0. The zero-order valence-corrected chi connectivity index (χ0v) is 17.6. The number of carbonyl (C=O) groups excluding carboxylic acids is 1. The quantitative estimate of drug-likeness (QED) is 0.399. The highest BCUT2D eigenvalue weighted by atomic mass is 35.5. The van der Waals surface area contributed by atoms with Crippen LogP contribution < -0.4 is 10.9 Å². The van der Waals surface area contributed by atoms with E-state index in [1.807, 2.05) is 11.4 Å². The lowest BCUT2D eigenvalue weighted by Crippen LogP contribution is -2.23. The Morgan fingerprint density at radius 1 is 1.30 bits per heavy atom. The maximum Gasteiger partial charge on any atom is 0.272 e. The van der Waals surface area contributed by atoms with Gasteiger partial charge in [-0.1, -0.05) is 48.3 Å². The highest BCUT2D eigenvalue weighted by Crippen LogP contribution is 2.24. The number of nitrogens with zero attached hydrogens (tertiary/aromatic N) is 2. The minimum atomic E-state index is -0.222. The Labute approximate surface area is 174 Å². The summed E-state index contributed by atoms with van der Waals surface area (Å²) in [5, 5.41) is 6.07. The zero-order chi connectivity index (χ0) is 19.4. The maximum absolute atomic E-state index is 12.7. The molecule has 0 saturated carbocycles. The Morgan fingerprint density at radius 2 is 2.04 bits per heavy atom. The summed E-state index contributed by atoms with van der Waals surface area (Å²) in [5.41, 5.74) is 1.15. The summed E-state index contributed by atoms with van der Waals surface area (Å²) in [5.74, 6) is -0.0988. The molecule has 0 saturated heterocycles. The predicted octanol–water partition coefficient (Wildman–Crippen LogP) is 5.30. The van der Waals surface area contributed by atoms with Crippen LogP contribution in [0.5, 0.6) is 0 Å². The standard InChI is InChI=1S/C18H17Cl2N3O2S2/c1-2-3-5-23-17(25)16-14(4-6-26-16)22-18(23)27-10-15(24)21-13-8-11(19)7-12(20)9-13/h4,6-9H,2-3,5,10H2,1H3,(H,21,24). The number of aromatic nitrogens is 2. The van der Waals surface area contributed by atoms with Crippen molar-refractivity contribution in [1.82, 2.24) is 9.55 Å². The van der Waals surface area contributed by atoms with Crippen LogP contribution in [-0.2, 0) is 11.3 Å². The van der Waals surface area contributed by atoms with Crippen molar-refractivity contribution in [3.63, 3.8) is 0 Å². The number of halogens is 2. The molecule has 1 amide bonds. The van der Waals surface area contributed by atoms with Crippen LogP contribution in [0, 0.1) is 0 Å². The normalized spacial score (nSPS) is 11.1. The first-order chi connectivity index (χ1) is 13.0.